The van der Waals surface area contributed by atoms with Crippen LogP contribution in [0, 0.1) is 11.8 Å². The molecule has 3 heterocycles. The Balaban J connectivity index is 1.64. The van der Waals surface area contributed by atoms with Crippen LogP contribution in [0.5, 0.6) is 5.75 Å². The van der Waals surface area contributed by atoms with E-state index >= 15 is 0 Å². The Kier molecular flexibility index (Phi) is 8.76. The molecule has 43 heavy (non-hydrogen) atoms. The van der Waals surface area contributed by atoms with Crippen LogP contribution < -0.4 is 9.64 Å². The maximum atomic E-state index is 14.9. The maximum absolute atomic E-state index is 14.9. The minimum atomic E-state index is -1.28. The molecule has 2 bridgehead atoms. The number of aliphatic hydroxyl groups excluding tert-OH is 1. The monoisotopic (exact) mass is 588 g/mol. The molecule has 2 amide bonds. The number of amides is 2. The van der Waals surface area contributed by atoms with Gasteiger partial charge in [0.2, 0.25) is 5.91 Å². The number of benzene rings is 2. The van der Waals surface area contributed by atoms with E-state index in [1.54, 1.807) is 48.4 Å². The molecule has 1 N–H and O–H groups in total. The van der Waals surface area contributed by atoms with Crippen LogP contribution in [-0.4, -0.2) is 71.9 Å². The predicted octanol–water partition coefficient (Wildman–Crippen LogP) is 4.22. The Hall–Kier alpha value is -3.95. The van der Waals surface area contributed by atoms with E-state index in [-0.39, 0.29) is 19.1 Å². The highest BCUT2D eigenvalue weighted by Gasteiger charge is 2.79. The average molecular weight is 589 g/mol. The van der Waals surface area contributed by atoms with Gasteiger partial charge in [-0.25, -0.2) is 0 Å². The molecule has 0 saturated carbocycles. The summed E-state index contributed by atoms with van der Waals surface area (Å²) in [6.45, 7) is 9.40. The summed E-state index contributed by atoms with van der Waals surface area (Å²) in [6, 6.07) is 14.3. The van der Waals surface area contributed by atoms with Crippen molar-refractivity contribution in [2.24, 2.45) is 11.8 Å². The number of anilines is 1. The van der Waals surface area contributed by atoms with Gasteiger partial charge in [0.05, 0.1) is 37.9 Å². The quantitative estimate of drug-likeness (QED) is 0.212. The summed E-state index contributed by atoms with van der Waals surface area (Å²) in [6.07, 6.45) is 5.17. The first-order chi connectivity index (χ1) is 20.8. The van der Waals surface area contributed by atoms with Gasteiger partial charge in [-0.15, -0.1) is 13.2 Å². The highest BCUT2D eigenvalue weighted by molar-refractivity contribution is 6.05. The first-order valence-electron chi connectivity index (χ1n) is 14.8. The Labute approximate surface area is 252 Å². The van der Waals surface area contributed by atoms with E-state index in [0.29, 0.717) is 42.7 Å². The molecule has 2 unspecified atom stereocenters. The number of aliphatic hydroxyl groups is 1. The molecular formula is C34H40N2O7. The normalized spacial score (nSPS) is 27.8. The summed E-state index contributed by atoms with van der Waals surface area (Å²) < 4.78 is 17.8. The van der Waals surface area contributed by atoms with Crippen LogP contribution >= 0.6 is 0 Å². The molecule has 9 nitrogen and oxygen atoms in total. The van der Waals surface area contributed by atoms with Gasteiger partial charge in [0, 0.05) is 12.2 Å². The van der Waals surface area contributed by atoms with Crippen LogP contribution in [0.3, 0.4) is 0 Å². The van der Waals surface area contributed by atoms with Crippen molar-refractivity contribution in [1.29, 1.82) is 0 Å². The number of hydrogen-bond donors (Lipinski definition) is 1. The molecule has 3 aliphatic heterocycles. The van der Waals surface area contributed by atoms with E-state index in [9.17, 15) is 19.5 Å². The molecule has 2 aromatic carbocycles. The minimum Gasteiger partial charge on any atom is -0.497 e. The van der Waals surface area contributed by atoms with Gasteiger partial charge in [-0.2, -0.15) is 0 Å². The fourth-order valence-electron chi connectivity index (χ4n) is 7.35. The van der Waals surface area contributed by atoms with Crippen LogP contribution in [0.25, 0.3) is 0 Å². The first kappa shape index (κ1) is 30.5. The van der Waals surface area contributed by atoms with E-state index in [2.05, 4.69) is 13.2 Å². The number of rotatable bonds is 13. The van der Waals surface area contributed by atoms with Crippen LogP contribution in [-0.2, 0) is 23.9 Å². The largest absolute Gasteiger partial charge is 0.497 e. The summed E-state index contributed by atoms with van der Waals surface area (Å²) in [4.78, 5) is 46.3. The molecule has 0 aliphatic carbocycles. The molecule has 228 valence electrons. The molecule has 9 heteroatoms. The van der Waals surface area contributed by atoms with Gasteiger partial charge in [-0.05, 0) is 55.5 Å². The van der Waals surface area contributed by atoms with Gasteiger partial charge in [0.25, 0.3) is 5.91 Å². The van der Waals surface area contributed by atoms with Crippen molar-refractivity contribution in [2.45, 2.75) is 55.9 Å². The first-order valence-corrected chi connectivity index (χ1v) is 14.8. The fourth-order valence-corrected chi connectivity index (χ4v) is 7.35. The van der Waals surface area contributed by atoms with Gasteiger partial charge in [-0.3, -0.25) is 14.4 Å². The summed E-state index contributed by atoms with van der Waals surface area (Å²) in [7, 11) is 1.57. The maximum Gasteiger partial charge on any atom is 0.312 e. The van der Waals surface area contributed by atoms with Gasteiger partial charge >= 0.3 is 5.97 Å². The Morgan fingerprint density at radius 2 is 1.86 bits per heavy atom. The molecule has 2 aromatic rings. The second-order valence-electron chi connectivity index (χ2n) is 11.4. The standard InChI is InChI=1S/C34H40N2O7/c1-5-8-21-42-32(40)28-27-30(38)36(26(22-37)23-12-10-9-11-13-23)29(34(27)19-18-33(28,7-3)43-34)31(39)35(20-6-2)24-14-16-25(41-4)17-15-24/h5-6,9-17,26-29,37H,1-2,7-8,18-22H2,3-4H3/t26-,27+,28-,29?,33+,34?/m1/s1. The van der Waals surface area contributed by atoms with Crippen molar-refractivity contribution < 1.29 is 33.7 Å². The van der Waals surface area contributed by atoms with E-state index < -0.39 is 53.6 Å². The SMILES string of the molecule is C=CCCOC(=O)[C@H]1[C@H]2C(=O)N([C@H](CO)c3ccccc3)C(C(=O)N(CC=C)c3ccc(OC)cc3)C23CC[C@]1(CC)O3. The topological polar surface area (TPSA) is 106 Å². The molecular weight excluding hydrogens is 548 g/mol. The van der Waals surface area contributed by atoms with Gasteiger partial charge in [-0.1, -0.05) is 49.4 Å². The molecule has 0 radical (unpaired) electrons. The predicted molar refractivity (Wildman–Crippen MR) is 161 cm³/mol. The lowest BCUT2D eigenvalue weighted by Gasteiger charge is -2.39. The van der Waals surface area contributed by atoms with Crippen molar-refractivity contribution >= 4 is 23.5 Å². The van der Waals surface area contributed by atoms with Crippen molar-refractivity contribution in [3.63, 3.8) is 0 Å². The number of carbonyl (C=O) groups is 3. The summed E-state index contributed by atoms with van der Waals surface area (Å²) in [5, 5.41) is 10.7. The minimum absolute atomic E-state index is 0.145. The lowest BCUT2D eigenvalue weighted by atomic mass is 9.65. The number of carbonyl (C=O) groups excluding carboxylic acids is 3. The van der Waals surface area contributed by atoms with E-state index in [0.717, 1.165) is 0 Å². The molecule has 3 aliphatic rings. The number of ether oxygens (including phenoxy) is 3. The van der Waals surface area contributed by atoms with E-state index in [1.165, 1.54) is 4.90 Å². The smallest absolute Gasteiger partial charge is 0.312 e. The van der Waals surface area contributed by atoms with Gasteiger partial charge in [0.15, 0.2) is 0 Å². The molecule has 1 spiro atoms. The number of hydrogen-bond acceptors (Lipinski definition) is 7. The number of nitrogens with zero attached hydrogens (tertiary/aromatic N) is 2. The zero-order chi connectivity index (χ0) is 30.8. The third-order valence-electron chi connectivity index (χ3n) is 9.33. The van der Waals surface area contributed by atoms with Crippen LogP contribution in [0.15, 0.2) is 79.9 Å². The zero-order valence-electron chi connectivity index (χ0n) is 24.8. The van der Waals surface area contributed by atoms with Gasteiger partial charge < -0.3 is 29.1 Å². The molecule has 3 fully saturated rings. The number of fused-ring (bicyclic) bond motifs is 1. The molecule has 6 atom stereocenters. The Bertz CT molecular complexity index is 1360. The average Bonchev–Trinajstić information content (AvgIpc) is 3.64. The fraction of sp³-hybridized carbons (Fsp3) is 0.441. The number of likely N-dealkylation sites (tertiary alicyclic amines) is 1. The second kappa shape index (κ2) is 12.3. The van der Waals surface area contributed by atoms with Crippen molar-refractivity contribution in [1.82, 2.24) is 4.90 Å². The van der Waals surface area contributed by atoms with E-state index in [1.807, 2.05) is 37.3 Å². The molecule has 0 aromatic heterocycles. The van der Waals surface area contributed by atoms with Crippen molar-refractivity contribution in [3.8, 4) is 5.75 Å². The third kappa shape index (κ3) is 4.94. The third-order valence-corrected chi connectivity index (χ3v) is 9.33. The molecule has 5 rings (SSSR count). The number of methoxy groups -OCH3 is 1. The van der Waals surface area contributed by atoms with Crippen molar-refractivity contribution in [3.05, 3.63) is 85.5 Å². The zero-order valence-corrected chi connectivity index (χ0v) is 24.8. The highest BCUT2D eigenvalue weighted by atomic mass is 16.6. The lowest BCUT2D eigenvalue weighted by Crippen LogP contribution is -2.57. The summed E-state index contributed by atoms with van der Waals surface area (Å²) in [5.41, 5.74) is -0.935. The highest BCUT2D eigenvalue weighted by Crippen LogP contribution is 2.65. The Morgan fingerprint density at radius 1 is 1.14 bits per heavy atom. The lowest BCUT2D eigenvalue weighted by molar-refractivity contribution is -0.162. The van der Waals surface area contributed by atoms with E-state index in [4.69, 9.17) is 14.2 Å². The van der Waals surface area contributed by atoms with Gasteiger partial charge in [0.1, 0.15) is 23.3 Å². The van der Waals surface area contributed by atoms with Crippen LogP contribution in [0.1, 0.15) is 44.2 Å². The van der Waals surface area contributed by atoms with Crippen LogP contribution in [0.4, 0.5) is 5.69 Å². The molecule has 3 saturated heterocycles. The Morgan fingerprint density at radius 3 is 2.47 bits per heavy atom. The van der Waals surface area contributed by atoms with Crippen molar-refractivity contribution in [2.75, 3.05) is 31.8 Å². The second-order valence-corrected chi connectivity index (χ2v) is 11.4. The number of esters is 1. The summed E-state index contributed by atoms with van der Waals surface area (Å²) in [5.74, 6) is -2.46. The summed E-state index contributed by atoms with van der Waals surface area (Å²) >= 11 is 0. The van der Waals surface area contributed by atoms with Crippen LogP contribution in [0.2, 0.25) is 0 Å².